The highest BCUT2D eigenvalue weighted by Gasteiger charge is 2.29. The van der Waals surface area contributed by atoms with Crippen LogP contribution in [0.2, 0.25) is 31.7 Å². The second-order valence-corrected chi connectivity index (χ2v) is 19.4. The summed E-state index contributed by atoms with van der Waals surface area (Å²) in [4.78, 5) is 17.6. The summed E-state index contributed by atoms with van der Waals surface area (Å²) in [5.41, 5.74) is 7.10. The highest BCUT2D eigenvalue weighted by molar-refractivity contribution is 6.71. The van der Waals surface area contributed by atoms with Gasteiger partial charge < -0.3 is 44.5 Å². The number of aliphatic imine (C=N–C) groups is 1. The van der Waals surface area contributed by atoms with Crippen LogP contribution in [0.15, 0.2) is 53.5 Å². The summed E-state index contributed by atoms with van der Waals surface area (Å²) < 4.78 is 17.4. The van der Waals surface area contributed by atoms with Crippen molar-refractivity contribution in [2.24, 2.45) is 10.7 Å². The Hall–Kier alpha value is -2.63. The molecule has 48 heavy (non-hydrogen) atoms. The number of aromatic hydroxyl groups is 2. The van der Waals surface area contributed by atoms with Crippen molar-refractivity contribution in [2.45, 2.75) is 72.3 Å². The molecular formula is C35H64N4O7Si2. The van der Waals surface area contributed by atoms with Gasteiger partial charge in [0.15, 0.2) is 14.1 Å². The van der Waals surface area contributed by atoms with Crippen LogP contribution in [0.5, 0.6) is 11.5 Å². The third-order valence-electron chi connectivity index (χ3n) is 7.28. The molecule has 0 unspecified atom stereocenters. The lowest BCUT2D eigenvalue weighted by atomic mass is 10.1. The van der Waals surface area contributed by atoms with Gasteiger partial charge in [0, 0.05) is 64.2 Å². The van der Waals surface area contributed by atoms with Crippen molar-refractivity contribution in [2.75, 3.05) is 66.2 Å². The van der Waals surface area contributed by atoms with E-state index in [2.05, 4.69) is 41.8 Å². The summed E-state index contributed by atoms with van der Waals surface area (Å²) in [6.45, 7) is 22.1. The smallest absolute Gasteiger partial charge is 0.334 e. The number of phenolic OH excluding ortho intramolecular Hbond substituents is 2. The molecule has 0 spiro atoms. The Bertz CT molecular complexity index is 1130. The summed E-state index contributed by atoms with van der Waals surface area (Å²) in [6, 6.07) is 15.7. The molecular weight excluding hydrogens is 645 g/mol. The Morgan fingerprint density at radius 1 is 0.854 bits per heavy atom. The van der Waals surface area contributed by atoms with Crippen molar-refractivity contribution in [3.63, 3.8) is 0 Å². The number of carbonyl (C=O) groups is 1. The maximum Gasteiger partial charge on any atom is 0.334 e. The highest BCUT2D eigenvalue weighted by atomic mass is 28.4. The monoisotopic (exact) mass is 708 g/mol. The lowest BCUT2D eigenvalue weighted by Gasteiger charge is -2.25. The van der Waals surface area contributed by atoms with Crippen LogP contribution in [0.1, 0.15) is 56.5 Å². The summed E-state index contributed by atoms with van der Waals surface area (Å²) in [7, 11) is -2.36. The van der Waals surface area contributed by atoms with E-state index >= 15 is 0 Å². The van der Waals surface area contributed by atoms with Gasteiger partial charge in [0.05, 0.1) is 6.54 Å². The number of hydrogen-bond acceptors (Lipinski definition) is 11. The van der Waals surface area contributed by atoms with E-state index in [1.807, 2.05) is 26.0 Å². The molecule has 0 atom stereocenters. The molecule has 11 nitrogen and oxygen atoms in total. The number of nitrogens with two attached hydrogens (primary N) is 1. The van der Waals surface area contributed by atoms with Crippen molar-refractivity contribution in [3.8, 4) is 11.5 Å². The molecule has 0 aromatic heterocycles. The van der Waals surface area contributed by atoms with Crippen LogP contribution in [-0.4, -0.2) is 115 Å². The second-order valence-electron chi connectivity index (χ2n) is 11.8. The first-order valence-corrected chi connectivity index (χ1v) is 22.7. The van der Waals surface area contributed by atoms with Crippen LogP contribution >= 0.6 is 0 Å². The minimum atomic E-state index is -1.88. The third kappa shape index (κ3) is 20.0. The van der Waals surface area contributed by atoms with Gasteiger partial charge in [0.25, 0.3) is 0 Å². The van der Waals surface area contributed by atoms with E-state index in [4.69, 9.17) is 29.2 Å². The lowest BCUT2D eigenvalue weighted by Crippen LogP contribution is -2.39. The van der Waals surface area contributed by atoms with Crippen LogP contribution in [0.3, 0.4) is 0 Å². The van der Waals surface area contributed by atoms with Gasteiger partial charge in [-0.25, -0.2) is 0 Å². The second kappa shape index (κ2) is 26.3. The number of carbonyl (C=O) groups excluding carboxylic acids is 1. The number of hydrogen-bond donors (Lipinski definition) is 5. The van der Waals surface area contributed by atoms with E-state index in [0.29, 0.717) is 17.9 Å². The van der Waals surface area contributed by atoms with Crippen molar-refractivity contribution in [3.05, 3.63) is 59.7 Å². The Morgan fingerprint density at radius 2 is 1.40 bits per heavy atom. The molecule has 2 aromatic rings. The minimum Gasteiger partial charge on any atom is -0.508 e. The van der Waals surface area contributed by atoms with Gasteiger partial charge in [-0.05, 0) is 127 Å². The summed E-state index contributed by atoms with van der Waals surface area (Å²) in [5, 5.41) is 28.5. The molecule has 1 aliphatic rings. The summed E-state index contributed by atoms with van der Waals surface area (Å²) in [5.74, 6) is 1.56. The molecule has 0 radical (unpaired) electrons. The van der Waals surface area contributed by atoms with Gasteiger partial charge in [0.2, 0.25) is 0 Å². The molecule has 0 fully saturated rings. The molecule has 0 amide bonds. The predicted molar refractivity (Wildman–Crippen MR) is 202 cm³/mol. The van der Waals surface area contributed by atoms with E-state index in [-0.39, 0.29) is 11.5 Å². The van der Waals surface area contributed by atoms with Crippen molar-refractivity contribution in [1.29, 1.82) is 0 Å². The normalized spacial score (nSPS) is 12.5. The van der Waals surface area contributed by atoms with Crippen LogP contribution in [0.4, 0.5) is 0 Å². The van der Waals surface area contributed by atoms with Crippen molar-refractivity contribution < 1.29 is 33.4 Å². The van der Waals surface area contributed by atoms with Gasteiger partial charge in [-0.3, -0.25) is 9.79 Å². The first-order valence-electron chi connectivity index (χ1n) is 17.1. The number of nitrogens with one attached hydrogen (secondary N) is 1. The standard InChI is InChI=1S/C16H26N2O2Si.C10H26N2O2Si.C8H8O2.CH4O/c1-4-20-21(2,3)13-5-11-18-12-10-17-16(18)14-6-8-15(19)9-7-14;1-4-13-15(3,14-5-2)10-6-8-12-9-7-11;1-6(9)7-2-4-8(10)5-3-7;1-2/h6-9,19H,4-5,10-13H2,1-3H3;12H,4-11H2,1-3H3;2-5,10H,1H3;2H,1H3. The number of ketones is 1. The first-order chi connectivity index (χ1) is 22.9. The van der Waals surface area contributed by atoms with Crippen molar-refractivity contribution >= 4 is 28.5 Å². The highest BCUT2D eigenvalue weighted by Crippen LogP contribution is 2.19. The number of Topliss-reactive ketones (excluding diaryl/α,β-unsaturated/α-hetero) is 1. The van der Waals surface area contributed by atoms with Gasteiger partial charge in [0.1, 0.15) is 17.3 Å². The van der Waals surface area contributed by atoms with Gasteiger partial charge >= 0.3 is 8.56 Å². The van der Waals surface area contributed by atoms with Crippen LogP contribution in [0.25, 0.3) is 0 Å². The first kappa shape index (κ1) is 45.4. The Kier molecular flexibility index (Phi) is 24.8. The number of aliphatic hydroxyl groups excluding tert-OH is 1. The van der Waals surface area contributed by atoms with Gasteiger partial charge in [-0.15, -0.1) is 0 Å². The Labute approximate surface area is 291 Å². The molecule has 2 aromatic carbocycles. The number of aliphatic hydroxyl groups is 1. The molecule has 3 rings (SSSR count). The number of benzene rings is 2. The van der Waals surface area contributed by atoms with Crippen LogP contribution in [-0.2, 0) is 13.3 Å². The Balaban J connectivity index is 0.000000716. The summed E-state index contributed by atoms with van der Waals surface area (Å²) in [6.07, 6.45) is 2.25. The van der Waals surface area contributed by atoms with Gasteiger partial charge in [-0.2, -0.15) is 0 Å². The third-order valence-corrected chi connectivity index (χ3v) is 13.0. The number of nitrogens with zero attached hydrogens (tertiary/aromatic N) is 2. The SMILES string of the molecule is CC(=O)c1ccc(O)cc1.CCO[Si](C)(C)CCCN1CCN=C1c1ccc(O)cc1.CCO[Si](C)(CCCNCCN)OCC.CO. The van der Waals surface area contributed by atoms with Crippen LogP contribution in [0, 0.1) is 0 Å². The molecule has 1 heterocycles. The van der Waals surface area contributed by atoms with E-state index in [0.717, 1.165) is 89.9 Å². The zero-order valence-electron chi connectivity index (χ0n) is 30.8. The predicted octanol–water partition coefficient (Wildman–Crippen LogP) is 5.36. The molecule has 1 aliphatic heterocycles. The van der Waals surface area contributed by atoms with E-state index in [1.165, 1.54) is 25.1 Å². The molecule has 0 saturated heterocycles. The minimum absolute atomic E-state index is 0.0139. The van der Waals surface area contributed by atoms with Crippen LogP contribution < -0.4 is 11.1 Å². The Morgan fingerprint density at radius 3 is 1.90 bits per heavy atom. The van der Waals surface area contributed by atoms with E-state index < -0.39 is 16.9 Å². The molecule has 6 N–H and O–H groups in total. The molecule has 0 aliphatic carbocycles. The molecule has 13 heteroatoms. The number of rotatable bonds is 18. The number of amidine groups is 1. The molecule has 0 bridgehead atoms. The fourth-order valence-electron chi connectivity index (χ4n) is 5.00. The summed E-state index contributed by atoms with van der Waals surface area (Å²) >= 11 is 0. The topological polar surface area (TPSA) is 159 Å². The quantitative estimate of drug-likeness (QED) is 0.0776. The zero-order chi connectivity index (χ0) is 36.4. The fourth-order valence-corrected chi connectivity index (χ4v) is 9.35. The molecule has 274 valence electrons. The van der Waals surface area contributed by atoms with Crippen molar-refractivity contribution in [1.82, 2.24) is 10.2 Å². The zero-order valence-corrected chi connectivity index (χ0v) is 32.8. The average Bonchev–Trinajstić information content (AvgIpc) is 3.52. The molecule has 0 saturated carbocycles. The fraction of sp³-hybridized carbons (Fsp3) is 0.600. The largest absolute Gasteiger partial charge is 0.508 e. The average molecular weight is 709 g/mol. The maximum atomic E-state index is 10.7. The maximum absolute atomic E-state index is 10.7. The van der Waals surface area contributed by atoms with Gasteiger partial charge in [-0.1, -0.05) is 0 Å². The van der Waals surface area contributed by atoms with E-state index in [9.17, 15) is 9.90 Å². The number of phenols is 2. The lowest BCUT2D eigenvalue weighted by molar-refractivity contribution is 0.101. The van der Waals surface area contributed by atoms with E-state index in [1.54, 1.807) is 24.3 Å².